The van der Waals surface area contributed by atoms with Gasteiger partial charge in [0.1, 0.15) is 0 Å². The summed E-state index contributed by atoms with van der Waals surface area (Å²) in [6.45, 7) is 2.86. The van der Waals surface area contributed by atoms with Crippen LogP contribution < -0.4 is 10.6 Å². The van der Waals surface area contributed by atoms with Crippen LogP contribution in [0.4, 0.5) is 5.69 Å². The van der Waals surface area contributed by atoms with Crippen molar-refractivity contribution in [3.63, 3.8) is 0 Å². The van der Waals surface area contributed by atoms with E-state index < -0.39 is 0 Å². The maximum Gasteiger partial charge on any atom is 0.253 e. The molecule has 1 aromatic carbocycles. The number of aryl methyl sites for hydroxylation is 1. The zero-order chi connectivity index (χ0) is 16.5. The van der Waals surface area contributed by atoms with Crippen LogP contribution in [-0.2, 0) is 11.2 Å². The van der Waals surface area contributed by atoms with Gasteiger partial charge in [-0.05, 0) is 68.3 Å². The third-order valence-corrected chi connectivity index (χ3v) is 5.74. The number of piperidine rings is 1. The molecule has 1 aromatic rings. The summed E-state index contributed by atoms with van der Waals surface area (Å²) >= 11 is 0. The number of anilines is 1. The molecule has 25 heavy (non-hydrogen) atoms. The number of nitrogens with one attached hydrogen (secondary N) is 2. The Morgan fingerprint density at radius 3 is 2.64 bits per heavy atom. The SMILES string of the molecule is Cl.O=C1CCc2cc(C(=O)N3CCC(C4CCCN4)CC3)ccc2N1. The fourth-order valence-electron chi connectivity index (χ4n) is 4.32. The molecule has 0 aliphatic carbocycles. The Morgan fingerprint density at radius 2 is 1.92 bits per heavy atom. The van der Waals surface area contributed by atoms with Crippen LogP contribution in [0, 0.1) is 5.92 Å². The quantitative estimate of drug-likeness (QED) is 0.849. The van der Waals surface area contributed by atoms with E-state index in [2.05, 4.69) is 10.6 Å². The number of hydrogen-bond acceptors (Lipinski definition) is 3. The van der Waals surface area contributed by atoms with Crippen LogP contribution in [0.25, 0.3) is 0 Å². The first-order valence-corrected chi connectivity index (χ1v) is 9.16. The topological polar surface area (TPSA) is 61.4 Å². The monoisotopic (exact) mass is 363 g/mol. The van der Waals surface area contributed by atoms with Gasteiger partial charge < -0.3 is 15.5 Å². The van der Waals surface area contributed by atoms with Crippen molar-refractivity contribution in [2.24, 2.45) is 5.92 Å². The van der Waals surface area contributed by atoms with Gasteiger partial charge in [-0.3, -0.25) is 9.59 Å². The minimum absolute atomic E-state index is 0. The highest BCUT2D eigenvalue weighted by Gasteiger charge is 2.30. The molecule has 3 heterocycles. The Kier molecular flexibility index (Phi) is 5.64. The molecular formula is C19H26ClN3O2. The summed E-state index contributed by atoms with van der Waals surface area (Å²) in [5.74, 6) is 0.909. The maximum atomic E-state index is 12.8. The van der Waals surface area contributed by atoms with Crippen molar-refractivity contribution in [1.82, 2.24) is 10.2 Å². The predicted molar refractivity (Wildman–Crippen MR) is 100 cm³/mol. The molecule has 2 N–H and O–H groups in total. The van der Waals surface area contributed by atoms with Gasteiger partial charge in [-0.2, -0.15) is 0 Å². The molecule has 0 saturated carbocycles. The van der Waals surface area contributed by atoms with Gasteiger partial charge in [-0.25, -0.2) is 0 Å². The number of halogens is 1. The lowest BCUT2D eigenvalue weighted by molar-refractivity contribution is -0.116. The lowest BCUT2D eigenvalue weighted by Gasteiger charge is -2.35. The molecule has 2 amide bonds. The summed E-state index contributed by atoms with van der Waals surface area (Å²) in [5, 5.41) is 6.47. The van der Waals surface area contributed by atoms with Gasteiger partial charge in [0.2, 0.25) is 5.91 Å². The summed E-state index contributed by atoms with van der Waals surface area (Å²) in [7, 11) is 0. The van der Waals surface area contributed by atoms with E-state index in [4.69, 9.17) is 0 Å². The predicted octanol–water partition coefficient (Wildman–Crippen LogP) is 2.60. The number of amides is 2. The second-order valence-corrected chi connectivity index (χ2v) is 7.25. The highest BCUT2D eigenvalue weighted by atomic mass is 35.5. The zero-order valence-corrected chi connectivity index (χ0v) is 15.2. The van der Waals surface area contributed by atoms with Crippen LogP contribution in [0.3, 0.4) is 0 Å². The molecule has 0 aromatic heterocycles. The van der Waals surface area contributed by atoms with Gasteiger partial charge in [-0.15, -0.1) is 12.4 Å². The van der Waals surface area contributed by atoms with Gasteiger partial charge in [0, 0.05) is 36.8 Å². The van der Waals surface area contributed by atoms with E-state index in [9.17, 15) is 9.59 Å². The molecule has 0 spiro atoms. The Bertz CT molecular complexity index is 650. The minimum Gasteiger partial charge on any atom is -0.339 e. The van der Waals surface area contributed by atoms with Gasteiger partial charge >= 0.3 is 0 Å². The lowest BCUT2D eigenvalue weighted by Crippen LogP contribution is -2.43. The maximum absolute atomic E-state index is 12.8. The number of hydrogen-bond donors (Lipinski definition) is 2. The summed E-state index contributed by atoms with van der Waals surface area (Å²) in [6.07, 6.45) is 6.00. The van der Waals surface area contributed by atoms with Crippen molar-refractivity contribution in [2.75, 3.05) is 25.0 Å². The normalized spacial score (nSPS) is 23.6. The van der Waals surface area contributed by atoms with Crippen molar-refractivity contribution in [1.29, 1.82) is 0 Å². The lowest BCUT2D eigenvalue weighted by atomic mass is 9.88. The number of nitrogens with zero attached hydrogens (tertiary/aromatic N) is 1. The van der Waals surface area contributed by atoms with Crippen LogP contribution in [-0.4, -0.2) is 42.4 Å². The Hall–Kier alpha value is -1.59. The molecule has 3 aliphatic rings. The van der Waals surface area contributed by atoms with Crippen LogP contribution in [0.2, 0.25) is 0 Å². The molecule has 1 unspecified atom stereocenters. The Balaban J connectivity index is 0.00000182. The second-order valence-electron chi connectivity index (χ2n) is 7.25. The van der Waals surface area contributed by atoms with E-state index in [0.29, 0.717) is 12.5 Å². The van der Waals surface area contributed by atoms with Crippen molar-refractivity contribution in [3.05, 3.63) is 29.3 Å². The summed E-state index contributed by atoms with van der Waals surface area (Å²) in [4.78, 5) is 26.2. The first-order valence-electron chi connectivity index (χ1n) is 9.16. The third-order valence-electron chi connectivity index (χ3n) is 5.74. The molecule has 2 fully saturated rings. The molecule has 2 saturated heterocycles. The highest BCUT2D eigenvalue weighted by molar-refractivity contribution is 5.98. The number of likely N-dealkylation sites (tertiary alicyclic amines) is 1. The minimum atomic E-state index is 0. The average Bonchev–Trinajstić information content (AvgIpc) is 3.15. The van der Waals surface area contributed by atoms with Crippen LogP contribution >= 0.6 is 12.4 Å². The first-order chi connectivity index (χ1) is 11.7. The number of rotatable bonds is 2. The molecule has 3 aliphatic heterocycles. The van der Waals surface area contributed by atoms with Crippen molar-refractivity contribution in [3.8, 4) is 0 Å². The highest BCUT2D eigenvalue weighted by Crippen LogP contribution is 2.28. The first kappa shape index (κ1) is 18.2. The fraction of sp³-hybridized carbons (Fsp3) is 0.579. The zero-order valence-electron chi connectivity index (χ0n) is 14.4. The van der Waals surface area contributed by atoms with E-state index in [1.807, 2.05) is 23.1 Å². The van der Waals surface area contributed by atoms with E-state index in [1.165, 1.54) is 12.8 Å². The molecule has 0 radical (unpaired) electrons. The molecular weight excluding hydrogens is 338 g/mol. The van der Waals surface area contributed by atoms with E-state index in [0.717, 1.165) is 61.6 Å². The number of fused-ring (bicyclic) bond motifs is 1. The molecule has 4 rings (SSSR count). The van der Waals surface area contributed by atoms with Crippen molar-refractivity contribution < 1.29 is 9.59 Å². The van der Waals surface area contributed by atoms with Crippen molar-refractivity contribution >= 4 is 29.9 Å². The molecule has 1 atom stereocenters. The Labute approximate surface area is 154 Å². The van der Waals surface area contributed by atoms with Crippen LogP contribution in [0.5, 0.6) is 0 Å². The molecule has 5 nitrogen and oxygen atoms in total. The average molecular weight is 364 g/mol. The van der Waals surface area contributed by atoms with Crippen molar-refractivity contribution in [2.45, 2.75) is 44.6 Å². The summed E-state index contributed by atoms with van der Waals surface area (Å²) < 4.78 is 0. The number of carbonyl (C=O) groups is 2. The smallest absolute Gasteiger partial charge is 0.253 e. The third kappa shape index (κ3) is 3.82. The van der Waals surface area contributed by atoms with Gasteiger partial charge in [0.25, 0.3) is 5.91 Å². The van der Waals surface area contributed by atoms with Crippen LogP contribution in [0.1, 0.15) is 48.0 Å². The molecule has 0 bridgehead atoms. The second kappa shape index (κ2) is 7.75. The van der Waals surface area contributed by atoms with E-state index in [1.54, 1.807) is 0 Å². The summed E-state index contributed by atoms with van der Waals surface area (Å²) in [5.41, 5.74) is 2.68. The number of benzene rings is 1. The Morgan fingerprint density at radius 1 is 1.12 bits per heavy atom. The van der Waals surface area contributed by atoms with Gasteiger partial charge in [-0.1, -0.05) is 0 Å². The molecule has 136 valence electrons. The standard InChI is InChI=1S/C19H25N3O2.ClH/c23-18-6-4-14-12-15(3-5-17(14)21-18)19(24)22-10-7-13(8-11-22)16-2-1-9-20-16;/h3,5,12-13,16,20H,1-2,4,6-11H2,(H,21,23);1H. The summed E-state index contributed by atoms with van der Waals surface area (Å²) in [6, 6.07) is 6.34. The van der Waals surface area contributed by atoms with E-state index in [-0.39, 0.29) is 24.2 Å². The molecule has 6 heteroatoms. The van der Waals surface area contributed by atoms with Gasteiger partial charge in [0.05, 0.1) is 0 Å². The number of carbonyl (C=O) groups excluding carboxylic acids is 2. The van der Waals surface area contributed by atoms with Gasteiger partial charge in [0.15, 0.2) is 0 Å². The largest absolute Gasteiger partial charge is 0.339 e. The van der Waals surface area contributed by atoms with E-state index >= 15 is 0 Å². The van der Waals surface area contributed by atoms with Crippen LogP contribution in [0.15, 0.2) is 18.2 Å². The fourth-order valence-corrected chi connectivity index (χ4v) is 4.32.